The van der Waals surface area contributed by atoms with Gasteiger partial charge in [0.1, 0.15) is 12.1 Å². The topological polar surface area (TPSA) is 95.9 Å². The summed E-state index contributed by atoms with van der Waals surface area (Å²) in [4.78, 5) is 35.6. The molecule has 2 fully saturated rings. The van der Waals surface area contributed by atoms with Crippen molar-refractivity contribution in [3.05, 3.63) is 0 Å². The minimum Gasteiger partial charge on any atom is -0.480 e. The molecule has 2 amide bonds. The highest BCUT2D eigenvalue weighted by molar-refractivity contribution is 8.14. The fourth-order valence-electron chi connectivity index (χ4n) is 2.16. The molecular weight excluding hydrogens is 260 g/mol. The van der Waals surface area contributed by atoms with E-state index in [2.05, 4.69) is 5.32 Å². The lowest BCUT2D eigenvalue weighted by molar-refractivity contribution is -0.148. The van der Waals surface area contributed by atoms with Gasteiger partial charge < -0.3 is 20.1 Å². The Hall–Kier alpha value is -1.28. The Morgan fingerprint density at radius 2 is 2.28 bits per heavy atom. The van der Waals surface area contributed by atoms with Gasteiger partial charge in [0.15, 0.2) is 0 Å². The van der Waals surface area contributed by atoms with Crippen LogP contribution in [0.5, 0.6) is 0 Å². The number of nitrogens with zero attached hydrogens (tertiary/aromatic N) is 1. The monoisotopic (exact) mass is 274 g/mol. The summed E-state index contributed by atoms with van der Waals surface area (Å²) in [5.41, 5.74) is 0. The van der Waals surface area contributed by atoms with Crippen LogP contribution in [0.2, 0.25) is 0 Å². The number of rotatable bonds is 3. The van der Waals surface area contributed by atoms with Gasteiger partial charge in [0.05, 0.1) is 6.10 Å². The van der Waals surface area contributed by atoms with Crippen molar-refractivity contribution >= 4 is 28.9 Å². The van der Waals surface area contributed by atoms with Gasteiger partial charge in [0, 0.05) is 25.8 Å². The van der Waals surface area contributed by atoms with Crippen LogP contribution < -0.4 is 5.32 Å². The van der Waals surface area contributed by atoms with Crippen LogP contribution in [0.25, 0.3) is 0 Å². The first-order valence-electron chi connectivity index (χ1n) is 5.52. The Morgan fingerprint density at radius 1 is 1.56 bits per heavy atom. The standard InChI is InChI=1S/C10H14N2O5S/c1-17-5-2-7(9(14)15)12(3-5)8(13)6-4-18-10(16)11-6/h5-7H,2-4H2,1H3,(H,11,16)(H,14,15). The highest BCUT2D eigenvalue weighted by atomic mass is 32.2. The lowest BCUT2D eigenvalue weighted by atomic mass is 10.2. The molecule has 7 nitrogen and oxygen atoms in total. The molecule has 100 valence electrons. The van der Waals surface area contributed by atoms with Crippen LogP contribution in [-0.2, 0) is 14.3 Å². The molecule has 0 aromatic rings. The van der Waals surface area contributed by atoms with Crippen molar-refractivity contribution in [3.63, 3.8) is 0 Å². The third kappa shape index (κ3) is 2.44. The molecule has 3 atom stereocenters. The molecule has 0 aromatic heterocycles. The maximum atomic E-state index is 12.1. The van der Waals surface area contributed by atoms with E-state index in [0.717, 1.165) is 11.8 Å². The van der Waals surface area contributed by atoms with Gasteiger partial charge in [-0.2, -0.15) is 0 Å². The molecule has 8 heteroatoms. The van der Waals surface area contributed by atoms with Crippen molar-refractivity contribution in [1.29, 1.82) is 0 Å². The molecular formula is C10H14N2O5S. The highest BCUT2D eigenvalue weighted by Gasteiger charge is 2.43. The van der Waals surface area contributed by atoms with Crippen LogP contribution in [-0.4, -0.2) is 64.7 Å². The number of thioether (sulfide) groups is 1. The van der Waals surface area contributed by atoms with Gasteiger partial charge in [-0.15, -0.1) is 0 Å². The van der Waals surface area contributed by atoms with Crippen LogP contribution in [0, 0.1) is 0 Å². The van der Waals surface area contributed by atoms with E-state index in [1.807, 2.05) is 0 Å². The number of nitrogens with one attached hydrogen (secondary N) is 1. The molecule has 0 spiro atoms. The van der Waals surface area contributed by atoms with Gasteiger partial charge in [-0.25, -0.2) is 4.79 Å². The summed E-state index contributed by atoms with van der Waals surface area (Å²) in [7, 11) is 1.49. The summed E-state index contributed by atoms with van der Waals surface area (Å²) in [6.45, 7) is 0.253. The number of carbonyl (C=O) groups is 3. The number of carboxylic acids is 1. The van der Waals surface area contributed by atoms with Crippen LogP contribution in [0.3, 0.4) is 0 Å². The number of carboxylic acid groups (broad SMARTS) is 1. The Kier molecular flexibility index (Phi) is 3.76. The third-order valence-electron chi connectivity index (χ3n) is 3.14. The quantitative estimate of drug-likeness (QED) is 0.721. The number of likely N-dealkylation sites (tertiary alicyclic amines) is 1. The van der Waals surface area contributed by atoms with Gasteiger partial charge in [0.25, 0.3) is 5.24 Å². The average Bonchev–Trinajstić information content (AvgIpc) is 2.93. The maximum Gasteiger partial charge on any atom is 0.326 e. The predicted molar refractivity (Wildman–Crippen MR) is 63.3 cm³/mol. The molecule has 18 heavy (non-hydrogen) atoms. The number of amides is 2. The molecule has 0 bridgehead atoms. The minimum absolute atomic E-state index is 0.247. The molecule has 0 radical (unpaired) electrons. The summed E-state index contributed by atoms with van der Waals surface area (Å²) < 4.78 is 5.11. The zero-order chi connectivity index (χ0) is 13.3. The first-order chi connectivity index (χ1) is 8.52. The lowest BCUT2D eigenvalue weighted by Gasteiger charge is -2.24. The predicted octanol–water partition coefficient (Wildman–Crippen LogP) is -0.488. The fraction of sp³-hybridized carbons (Fsp3) is 0.700. The van der Waals surface area contributed by atoms with E-state index in [-0.39, 0.29) is 30.2 Å². The summed E-state index contributed by atoms with van der Waals surface area (Å²) in [6, 6.07) is -1.50. The third-order valence-corrected chi connectivity index (χ3v) is 4.02. The van der Waals surface area contributed by atoms with E-state index in [1.165, 1.54) is 12.0 Å². The summed E-state index contributed by atoms with van der Waals surface area (Å²) in [5, 5.41) is 11.4. The van der Waals surface area contributed by atoms with E-state index in [4.69, 9.17) is 9.84 Å². The molecule has 2 heterocycles. The summed E-state index contributed by atoms with van der Waals surface area (Å²) in [5.74, 6) is -1.04. The highest BCUT2D eigenvalue weighted by Crippen LogP contribution is 2.23. The molecule has 0 saturated carbocycles. The number of methoxy groups -OCH3 is 1. The summed E-state index contributed by atoms with van der Waals surface area (Å²) >= 11 is 1.03. The molecule has 0 aliphatic carbocycles. The van der Waals surface area contributed by atoms with Gasteiger partial charge in [-0.3, -0.25) is 9.59 Å². The van der Waals surface area contributed by atoms with Crippen molar-refractivity contribution in [2.24, 2.45) is 0 Å². The minimum atomic E-state index is -1.04. The van der Waals surface area contributed by atoms with E-state index < -0.39 is 18.1 Å². The second-order valence-corrected chi connectivity index (χ2v) is 5.23. The van der Waals surface area contributed by atoms with Crippen LogP contribution >= 0.6 is 11.8 Å². The van der Waals surface area contributed by atoms with Crippen molar-refractivity contribution in [1.82, 2.24) is 10.2 Å². The van der Waals surface area contributed by atoms with E-state index >= 15 is 0 Å². The Morgan fingerprint density at radius 3 is 2.78 bits per heavy atom. The van der Waals surface area contributed by atoms with E-state index in [0.29, 0.717) is 5.75 Å². The number of ether oxygens (including phenoxy) is 1. The first-order valence-corrected chi connectivity index (χ1v) is 6.51. The van der Waals surface area contributed by atoms with Crippen molar-refractivity contribution in [2.75, 3.05) is 19.4 Å². The average molecular weight is 274 g/mol. The van der Waals surface area contributed by atoms with Crippen LogP contribution in [0.1, 0.15) is 6.42 Å². The molecule has 2 aliphatic rings. The number of hydrogen-bond acceptors (Lipinski definition) is 5. The van der Waals surface area contributed by atoms with Crippen molar-refractivity contribution in [2.45, 2.75) is 24.6 Å². The SMILES string of the molecule is COC1CC(C(=O)O)N(C(=O)C2CSC(=O)N2)C1. The normalized spacial score (nSPS) is 31.5. The lowest BCUT2D eigenvalue weighted by Crippen LogP contribution is -2.49. The van der Waals surface area contributed by atoms with Crippen molar-refractivity contribution in [3.8, 4) is 0 Å². The van der Waals surface area contributed by atoms with Gasteiger partial charge in [0.2, 0.25) is 5.91 Å². The van der Waals surface area contributed by atoms with Crippen LogP contribution in [0.15, 0.2) is 0 Å². The Labute approximate surface area is 108 Å². The van der Waals surface area contributed by atoms with Gasteiger partial charge in [-0.1, -0.05) is 11.8 Å². The molecule has 3 unspecified atom stereocenters. The summed E-state index contributed by atoms with van der Waals surface area (Å²) in [6.07, 6.45) is 0.0191. The molecule has 2 aliphatic heterocycles. The van der Waals surface area contributed by atoms with Crippen LogP contribution in [0.4, 0.5) is 4.79 Å². The number of carbonyl (C=O) groups excluding carboxylic acids is 2. The number of aliphatic carboxylic acids is 1. The Bertz CT molecular complexity index is 388. The van der Waals surface area contributed by atoms with Gasteiger partial charge in [-0.05, 0) is 0 Å². The number of hydrogen-bond donors (Lipinski definition) is 2. The Balaban J connectivity index is 2.08. The second-order valence-electron chi connectivity index (χ2n) is 4.23. The molecule has 2 N–H and O–H groups in total. The molecule has 2 saturated heterocycles. The van der Waals surface area contributed by atoms with Gasteiger partial charge >= 0.3 is 5.97 Å². The second kappa shape index (κ2) is 5.15. The zero-order valence-corrected chi connectivity index (χ0v) is 10.6. The smallest absolute Gasteiger partial charge is 0.326 e. The van der Waals surface area contributed by atoms with E-state index in [9.17, 15) is 14.4 Å². The van der Waals surface area contributed by atoms with Crippen molar-refractivity contribution < 1.29 is 24.2 Å². The zero-order valence-electron chi connectivity index (χ0n) is 9.79. The fourth-order valence-corrected chi connectivity index (χ4v) is 2.93. The molecule has 0 aromatic carbocycles. The maximum absolute atomic E-state index is 12.1. The first kappa shape index (κ1) is 13.2. The molecule has 2 rings (SSSR count). The largest absolute Gasteiger partial charge is 0.480 e. The van der Waals surface area contributed by atoms with E-state index in [1.54, 1.807) is 0 Å².